The summed E-state index contributed by atoms with van der Waals surface area (Å²) < 4.78 is 26.5. The van der Waals surface area contributed by atoms with Gasteiger partial charge in [-0.05, 0) is 18.6 Å². The second-order valence-corrected chi connectivity index (χ2v) is 8.04. The molecule has 1 heterocycles. The molecule has 0 bridgehead atoms. The number of nitrogens with zero attached hydrogens (tertiary/aromatic N) is 1. The molecule has 1 unspecified atom stereocenters. The molecule has 1 N–H and O–H groups in total. The maximum absolute atomic E-state index is 12.4. The van der Waals surface area contributed by atoms with Crippen LogP contribution in [0, 0.1) is 12.8 Å². The fraction of sp³-hybridized carbons (Fsp3) is 0.545. The second kappa shape index (κ2) is 6.21. The number of rotatable bonds is 6. The van der Waals surface area contributed by atoms with Crippen LogP contribution in [-0.4, -0.2) is 36.9 Å². The molecule has 1 atom stereocenters. The number of hydrogen-bond donors (Lipinski definition) is 1. The zero-order valence-corrected chi connectivity index (χ0v) is 13.3. The molecular weight excluding hydrogens is 310 g/mol. The Hall–Kier alpha value is -0.630. The molecule has 0 fully saturated rings. The van der Waals surface area contributed by atoms with E-state index in [4.69, 9.17) is 16.7 Å². The van der Waals surface area contributed by atoms with Crippen LogP contribution in [0.5, 0.6) is 0 Å². The summed E-state index contributed by atoms with van der Waals surface area (Å²) in [6.45, 7) is 5.05. The Morgan fingerprint density at radius 1 is 1.58 bits per heavy atom. The Bertz CT molecular complexity index is 548. The lowest BCUT2D eigenvalue weighted by Gasteiger charge is -2.21. The molecule has 0 radical (unpaired) electrons. The van der Waals surface area contributed by atoms with Crippen molar-refractivity contribution in [1.82, 2.24) is 4.31 Å². The summed E-state index contributed by atoms with van der Waals surface area (Å²) in [6.07, 6.45) is 0. The Kier molecular flexibility index (Phi) is 5.37. The summed E-state index contributed by atoms with van der Waals surface area (Å²) >= 11 is 6.87. The SMILES string of the molecule is CCN(CC(C)C(=O)O)S(=O)(=O)c1cc(C)c(Cl)s1. The highest BCUT2D eigenvalue weighted by Crippen LogP contribution is 2.32. The third-order valence-electron chi connectivity index (χ3n) is 2.68. The predicted octanol–water partition coefficient (Wildman–Crippen LogP) is 2.44. The molecule has 0 spiro atoms. The van der Waals surface area contributed by atoms with Crippen molar-refractivity contribution in [3.8, 4) is 0 Å². The van der Waals surface area contributed by atoms with Crippen molar-refractivity contribution in [2.75, 3.05) is 13.1 Å². The van der Waals surface area contributed by atoms with Gasteiger partial charge in [-0.15, -0.1) is 11.3 Å². The van der Waals surface area contributed by atoms with Gasteiger partial charge in [0.05, 0.1) is 10.3 Å². The number of hydrogen-bond acceptors (Lipinski definition) is 4. The van der Waals surface area contributed by atoms with Crippen molar-refractivity contribution >= 4 is 38.9 Å². The summed E-state index contributed by atoms with van der Waals surface area (Å²) in [5.74, 6) is -1.78. The summed E-state index contributed by atoms with van der Waals surface area (Å²) in [5, 5.41) is 8.87. The van der Waals surface area contributed by atoms with Gasteiger partial charge in [0.25, 0.3) is 10.0 Å². The van der Waals surface area contributed by atoms with E-state index in [1.54, 1.807) is 13.8 Å². The number of aliphatic carboxylic acids is 1. The molecule has 0 aliphatic carbocycles. The van der Waals surface area contributed by atoms with Gasteiger partial charge in [-0.3, -0.25) is 4.79 Å². The van der Waals surface area contributed by atoms with Gasteiger partial charge in [0.15, 0.2) is 0 Å². The van der Waals surface area contributed by atoms with E-state index in [9.17, 15) is 13.2 Å². The van der Waals surface area contributed by atoms with E-state index >= 15 is 0 Å². The smallest absolute Gasteiger partial charge is 0.307 e. The Labute approximate surface area is 121 Å². The Balaban J connectivity index is 3.05. The number of halogens is 1. The largest absolute Gasteiger partial charge is 0.481 e. The van der Waals surface area contributed by atoms with Crippen LogP contribution >= 0.6 is 22.9 Å². The van der Waals surface area contributed by atoms with E-state index in [1.807, 2.05) is 0 Å². The maximum atomic E-state index is 12.4. The first-order chi connectivity index (χ1) is 8.70. The van der Waals surface area contributed by atoms with Crippen molar-refractivity contribution in [2.24, 2.45) is 5.92 Å². The highest BCUT2D eigenvalue weighted by atomic mass is 35.5. The second-order valence-electron chi connectivity index (χ2n) is 4.22. The lowest BCUT2D eigenvalue weighted by molar-refractivity contribution is -0.141. The first-order valence-electron chi connectivity index (χ1n) is 5.69. The van der Waals surface area contributed by atoms with E-state index in [2.05, 4.69) is 0 Å². The first kappa shape index (κ1) is 16.4. The molecule has 8 heteroatoms. The van der Waals surface area contributed by atoms with Gasteiger partial charge in [-0.1, -0.05) is 25.4 Å². The van der Waals surface area contributed by atoms with E-state index in [-0.39, 0.29) is 17.3 Å². The minimum atomic E-state index is -3.68. The Morgan fingerprint density at radius 3 is 2.53 bits per heavy atom. The molecule has 0 amide bonds. The first-order valence-corrected chi connectivity index (χ1v) is 8.32. The van der Waals surface area contributed by atoms with Crippen LogP contribution in [0.2, 0.25) is 4.34 Å². The summed E-state index contributed by atoms with van der Waals surface area (Å²) in [5.41, 5.74) is 0.701. The number of thiophene rings is 1. The normalized spacial score (nSPS) is 13.7. The van der Waals surface area contributed by atoms with Crippen LogP contribution in [0.15, 0.2) is 10.3 Å². The van der Waals surface area contributed by atoms with Crippen LogP contribution in [0.4, 0.5) is 0 Å². The van der Waals surface area contributed by atoms with E-state index in [1.165, 1.54) is 13.0 Å². The third-order valence-corrected chi connectivity index (χ3v) is 6.63. The van der Waals surface area contributed by atoms with Gasteiger partial charge in [-0.25, -0.2) is 8.42 Å². The van der Waals surface area contributed by atoms with Crippen molar-refractivity contribution in [2.45, 2.75) is 25.0 Å². The molecule has 0 aliphatic heterocycles. The van der Waals surface area contributed by atoms with Crippen LogP contribution < -0.4 is 0 Å². The molecule has 1 rings (SSSR count). The van der Waals surface area contributed by atoms with Gasteiger partial charge >= 0.3 is 5.97 Å². The zero-order chi connectivity index (χ0) is 14.8. The highest BCUT2D eigenvalue weighted by molar-refractivity contribution is 7.91. The molecule has 0 aromatic carbocycles. The Morgan fingerprint density at radius 2 is 2.16 bits per heavy atom. The van der Waals surface area contributed by atoms with Crippen molar-refractivity contribution in [1.29, 1.82) is 0 Å². The number of carboxylic acid groups (broad SMARTS) is 1. The topological polar surface area (TPSA) is 74.7 Å². The molecule has 1 aromatic rings. The third kappa shape index (κ3) is 3.68. The van der Waals surface area contributed by atoms with Crippen molar-refractivity contribution in [3.63, 3.8) is 0 Å². The van der Waals surface area contributed by atoms with Crippen LogP contribution in [0.1, 0.15) is 19.4 Å². The van der Waals surface area contributed by atoms with Gasteiger partial charge in [0.1, 0.15) is 4.21 Å². The molecule has 0 aliphatic rings. The predicted molar refractivity (Wildman–Crippen MR) is 75.3 cm³/mol. The fourth-order valence-electron chi connectivity index (χ4n) is 1.47. The van der Waals surface area contributed by atoms with Gasteiger partial charge in [0, 0.05) is 13.1 Å². The van der Waals surface area contributed by atoms with Crippen LogP contribution in [0.3, 0.4) is 0 Å². The quantitative estimate of drug-likeness (QED) is 0.871. The van der Waals surface area contributed by atoms with E-state index in [0.29, 0.717) is 9.90 Å². The highest BCUT2D eigenvalue weighted by Gasteiger charge is 2.28. The lowest BCUT2D eigenvalue weighted by Crippen LogP contribution is -2.36. The molecule has 19 heavy (non-hydrogen) atoms. The molecule has 108 valence electrons. The monoisotopic (exact) mass is 325 g/mol. The summed E-state index contributed by atoms with van der Waals surface area (Å²) in [6, 6.07) is 1.51. The molecular formula is C11H16ClNO4S2. The summed E-state index contributed by atoms with van der Waals surface area (Å²) in [4.78, 5) is 10.8. The van der Waals surface area contributed by atoms with E-state index < -0.39 is 21.9 Å². The lowest BCUT2D eigenvalue weighted by atomic mass is 10.2. The standard InChI is InChI=1S/C11H16ClNO4S2/c1-4-13(6-8(3)11(14)15)19(16,17)9-5-7(2)10(12)18-9/h5,8H,4,6H2,1-3H3,(H,14,15). The molecule has 0 saturated carbocycles. The van der Waals surface area contributed by atoms with Crippen molar-refractivity contribution < 1.29 is 18.3 Å². The van der Waals surface area contributed by atoms with E-state index in [0.717, 1.165) is 15.6 Å². The van der Waals surface area contributed by atoms with Gasteiger partial charge in [-0.2, -0.15) is 4.31 Å². The fourth-order valence-corrected chi connectivity index (χ4v) is 4.87. The average molecular weight is 326 g/mol. The maximum Gasteiger partial charge on any atom is 0.307 e. The molecule has 5 nitrogen and oxygen atoms in total. The molecule has 1 aromatic heterocycles. The molecule has 0 saturated heterocycles. The van der Waals surface area contributed by atoms with Crippen LogP contribution in [-0.2, 0) is 14.8 Å². The number of carboxylic acids is 1. The summed E-state index contributed by atoms with van der Waals surface area (Å²) in [7, 11) is -3.68. The van der Waals surface area contributed by atoms with Gasteiger partial charge < -0.3 is 5.11 Å². The zero-order valence-electron chi connectivity index (χ0n) is 10.9. The average Bonchev–Trinajstić information content (AvgIpc) is 2.66. The minimum Gasteiger partial charge on any atom is -0.481 e. The number of aryl methyl sites for hydroxylation is 1. The van der Waals surface area contributed by atoms with Crippen LogP contribution in [0.25, 0.3) is 0 Å². The minimum absolute atomic E-state index is 0.0528. The van der Waals surface area contributed by atoms with Gasteiger partial charge in [0.2, 0.25) is 0 Å². The number of sulfonamides is 1. The van der Waals surface area contributed by atoms with Crippen molar-refractivity contribution in [3.05, 3.63) is 16.0 Å². The number of carbonyl (C=O) groups is 1.